The van der Waals surface area contributed by atoms with Crippen LogP contribution in [0.4, 0.5) is 5.69 Å². The fraction of sp³-hybridized carbons (Fsp3) is 0.278. The molecule has 0 bridgehead atoms. The normalized spacial score (nSPS) is 17.0. The third-order valence-electron chi connectivity index (χ3n) is 4.20. The number of likely N-dealkylation sites (tertiary alicyclic amines) is 1. The fourth-order valence-electron chi connectivity index (χ4n) is 2.99. The van der Waals surface area contributed by atoms with Gasteiger partial charge in [0.2, 0.25) is 5.91 Å². The van der Waals surface area contributed by atoms with E-state index >= 15 is 0 Å². The molecule has 7 heteroatoms. The summed E-state index contributed by atoms with van der Waals surface area (Å²) < 4.78 is 5.37. The van der Waals surface area contributed by atoms with E-state index in [1.54, 1.807) is 23.1 Å². The summed E-state index contributed by atoms with van der Waals surface area (Å²) in [7, 11) is 1.54. The van der Waals surface area contributed by atoms with Crippen molar-refractivity contribution in [2.75, 3.05) is 13.7 Å². The Morgan fingerprint density at radius 1 is 1.32 bits per heavy atom. The summed E-state index contributed by atoms with van der Waals surface area (Å²) in [5, 5.41) is 20.6. The van der Waals surface area contributed by atoms with Crippen LogP contribution in [0.3, 0.4) is 0 Å². The first-order chi connectivity index (χ1) is 12.0. The lowest BCUT2D eigenvalue weighted by Crippen LogP contribution is -2.25. The molecular weight excluding hydrogens is 324 g/mol. The van der Waals surface area contributed by atoms with E-state index in [9.17, 15) is 20.0 Å². The minimum absolute atomic E-state index is 0.00259. The van der Waals surface area contributed by atoms with Crippen molar-refractivity contribution < 1.29 is 19.6 Å². The molecule has 1 amide bonds. The Kier molecular flexibility index (Phi) is 4.67. The molecule has 3 rings (SSSR count). The van der Waals surface area contributed by atoms with E-state index < -0.39 is 11.0 Å². The molecule has 0 saturated carbocycles. The van der Waals surface area contributed by atoms with Gasteiger partial charge < -0.3 is 14.7 Å². The van der Waals surface area contributed by atoms with Crippen molar-refractivity contribution in [3.05, 3.63) is 58.1 Å². The van der Waals surface area contributed by atoms with E-state index in [0.29, 0.717) is 24.4 Å². The van der Waals surface area contributed by atoms with E-state index in [1.165, 1.54) is 19.2 Å². The number of nitro groups is 1. The molecule has 1 fully saturated rings. The lowest BCUT2D eigenvalue weighted by Gasteiger charge is -2.17. The first-order valence-corrected chi connectivity index (χ1v) is 7.85. The number of nitro benzene ring substituents is 1. The second-order valence-electron chi connectivity index (χ2n) is 5.97. The van der Waals surface area contributed by atoms with Gasteiger partial charge in [-0.25, -0.2) is 0 Å². The van der Waals surface area contributed by atoms with Crippen LogP contribution in [0.15, 0.2) is 42.5 Å². The Labute approximate surface area is 144 Å². The number of non-ortho nitro benzene ring substituents is 1. The summed E-state index contributed by atoms with van der Waals surface area (Å²) in [5.74, 6) is 0.511. The monoisotopic (exact) mass is 342 g/mol. The number of amides is 1. The number of carbonyl (C=O) groups excluding carboxylic acids is 1. The van der Waals surface area contributed by atoms with E-state index in [1.807, 2.05) is 12.1 Å². The summed E-state index contributed by atoms with van der Waals surface area (Å²) >= 11 is 0. The molecular formula is C18H18N2O5. The molecule has 25 heavy (non-hydrogen) atoms. The Balaban J connectivity index is 1.94. The molecule has 1 aliphatic rings. The van der Waals surface area contributed by atoms with Gasteiger partial charge in [-0.3, -0.25) is 14.9 Å². The Morgan fingerprint density at radius 2 is 2.12 bits per heavy atom. The molecule has 1 heterocycles. The molecule has 1 aliphatic heterocycles. The van der Waals surface area contributed by atoms with Crippen molar-refractivity contribution >= 4 is 11.6 Å². The number of hydrogen-bond acceptors (Lipinski definition) is 5. The highest BCUT2D eigenvalue weighted by atomic mass is 16.6. The van der Waals surface area contributed by atoms with Crippen LogP contribution in [-0.2, 0) is 11.3 Å². The van der Waals surface area contributed by atoms with Gasteiger partial charge in [-0.1, -0.05) is 18.2 Å². The standard InChI is InChI=1S/C18H18N2O5/c1-25-17-6-5-12(10-19-11-15(21)9-18(19)22)7-16(17)13-3-2-4-14(8-13)20(23)24/h2-8,15,21H,9-11H2,1H3/t15-/m0/s1. The first kappa shape index (κ1) is 16.9. The maximum absolute atomic E-state index is 11.9. The van der Waals surface area contributed by atoms with E-state index in [0.717, 1.165) is 11.1 Å². The molecule has 0 aromatic heterocycles. The van der Waals surface area contributed by atoms with E-state index in [-0.39, 0.29) is 18.0 Å². The second kappa shape index (κ2) is 6.90. The lowest BCUT2D eigenvalue weighted by atomic mass is 10.0. The topological polar surface area (TPSA) is 92.9 Å². The smallest absolute Gasteiger partial charge is 0.270 e. The van der Waals surface area contributed by atoms with Crippen LogP contribution in [0.2, 0.25) is 0 Å². The van der Waals surface area contributed by atoms with Crippen LogP contribution in [0.25, 0.3) is 11.1 Å². The lowest BCUT2D eigenvalue weighted by molar-refractivity contribution is -0.384. The number of rotatable bonds is 5. The highest BCUT2D eigenvalue weighted by Gasteiger charge is 2.27. The summed E-state index contributed by atoms with van der Waals surface area (Å²) in [6.07, 6.45) is -0.476. The number of benzene rings is 2. The van der Waals surface area contributed by atoms with Gasteiger partial charge in [0.25, 0.3) is 5.69 Å². The van der Waals surface area contributed by atoms with Crippen molar-refractivity contribution in [1.29, 1.82) is 0 Å². The number of hydrogen-bond donors (Lipinski definition) is 1. The second-order valence-corrected chi connectivity index (χ2v) is 5.97. The summed E-state index contributed by atoms with van der Waals surface area (Å²) in [5.41, 5.74) is 2.25. The number of methoxy groups -OCH3 is 1. The molecule has 130 valence electrons. The summed E-state index contributed by atoms with van der Waals surface area (Å²) in [4.78, 5) is 24.0. The maximum atomic E-state index is 11.9. The minimum Gasteiger partial charge on any atom is -0.496 e. The third kappa shape index (κ3) is 3.61. The summed E-state index contributed by atoms with van der Waals surface area (Å²) in [6.45, 7) is 0.693. The highest BCUT2D eigenvalue weighted by Crippen LogP contribution is 2.33. The van der Waals surface area contributed by atoms with Gasteiger partial charge in [0, 0.05) is 30.8 Å². The number of carbonyl (C=O) groups is 1. The van der Waals surface area contributed by atoms with Crippen LogP contribution >= 0.6 is 0 Å². The fourth-order valence-corrected chi connectivity index (χ4v) is 2.99. The van der Waals surface area contributed by atoms with Crippen molar-refractivity contribution in [2.24, 2.45) is 0 Å². The molecule has 0 radical (unpaired) electrons. The van der Waals surface area contributed by atoms with Crippen LogP contribution in [-0.4, -0.2) is 40.6 Å². The molecule has 1 N–H and O–H groups in total. The predicted molar refractivity (Wildman–Crippen MR) is 91.1 cm³/mol. The van der Waals surface area contributed by atoms with Gasteiger partial charge >= 0.3 is 0 Å². The van der Waals surface area contributed by atoms with Crippen LogP contribution in [0, 0.1) is 10.1 Å². The molecule has 1 atom stereocenters. The van der Waals surface area contributed by atoms with Crippen molar-refractivity contribution in [1.82, 2.24) is 4.90 Å². The zero-order valence-electron chi connectivity index (χ0n) is 13.7. The molecule has 0 aliphatic carbocycles. The van der Waals surface area contributed by atoms with E-state index in [4.69, 9.17) is 4.74 Å². The molecule has 1 saturated heterocycles. The molecule has 7 nitrogen and oxygen atoms in total. The summed E-state index contributed by atoms with van der Waals surface area (Å²) in [6, 6.07) is 11.8. The highest BCUT2D eigenvalue weighted by molar-refractivity contribution is 5.79. The Morgan fingerprint density at radius 3 is 2.76 bits per heavy atom. The van der Waals surface area contributed by atoms with Crippen molar-refractivity contribution in [3.8, 4) is 16.9 Å². The average Bonchev–Trinajstić information content (AvgIpc) is 2.92. The quantitative estimate of drug-likeness (QED) is 0.665. The SMILES string of the molecule is COc1ccc(CN2C[C@@H](O)CC2=O)cc1-c1cccc([N+](=O)[O-])c1. The van der Waals surface area contributed by atoms with Gasteiger partial charge in [-0.05, 0) is 23.3 Å². The third-order valence-corrected chi connectivity index (χ3v) is 4.20. The zero-order valence-corrected chi connectivity index (χ0v) is 13.7. The molecule has 2 aromatic carbocycles. The number of ether oxygens (including phenoxy) is 1. The maximum Gasteiger partial charge on any atom is 0.270 e. The number of aliphatic hydroxyl groups excluding tert-OH is 1. The number of nitrogens with zero attached hydrogens (tertiary/aromatic N) is 2. The first-order valence-electron chi connectivity index (χ1n) is 7.85. The zero-order chi connectivity index (χ0) is 18.0. The van der Waals surface area contributed by atoms with Gasteiger partial charge in [-0.2, -0.15) is 0 Å². The number of β-amino-alcohol motifs (C(OH)–C–C–N with tert-alkyl or cyclic N) is 1. The van der Waals surface area contributed by atoms with Crippen molar-refractivity contribution in [2.45, 2.75) is 19.1 Å². The van der Waals surface area contributed by atoms with Gasteiger partial charge in [0.15, 0.2) is 0 Å². The van der Waals surface area contributed by atoms with Gasteiger partial charge in [0.05, 0.1) is 24.6 Å². The van der Waals surface area contributed by atoms with Crippen molar-refractivity contribution in [3.63, 3.8) is 0 Å². The molecule has 2 aromatic rings. The Hall–Kier alpha value is -2.93. The minimum atomic E-state index is -0.623. The molecule has 0 unspecified atom stereocenters. The molecule has 0 spiro atoms. The average molecular weight is 342 g/mol. The van der Waals surface area contributed by atoms with Crippen LogP contribution in [0.5, 0.6) is 5.75 Å². The predicted octanol–water partition coefficient (Wildman–Crippen LogP) is 2.36. The number of aliphatic hydroxyl groups is 1. The van der Waals surface area contributed by atoms with Gasteiger partial charge in [0.1, 0.15) is 5.75 Å². The van der Waals surface area contributed by atoms with Crippen LogP contribution < -0.4 is 4.74 Å². The van der Waals surface area contributed by atoms with Gasteiger partial charge in [-0.15, -0.1) is 0 Å². The van der Waals surface area contributed by atoms with Crippen LogP contribution in [0.1, 0.15) is 12.0 Å². The Bertz CT molecular complexity index is 821. The van der Waals surface area contributed by atoms with E-state index in [2.05, 4.69) is 0 Å². The largest absolute Gasteiger partial charge is 0.496 e.